The second kappa shape index (κ2) is 8.41. The van der Waals surface area contributed by atoms with E-state index in [4.69, 9.17) is 0 Å². The second-order valence-electron chi connectivity index (χ2n) is 5.84. The van der Waals surface area contributed by atoms with Crippen molar-refractivity contribution in [2.75, 3.05) is 0 Å². The molecule has 0 N–H and O–H groups in total. The first-order valence-electron chi connectivity index (χ1n) is 6.09. The molecule has 1 aromatic carbocycles. The van der Waals surface area contributed by atoms with Crippen LogP contribution in [0.3, 0.4) is 0 Å². The van der Waals surface area contributed by atoms with E-state index in [0.29, 0.717) is 11.1 Å². The quantitative estimate of drug-likeness (QED) is 0.411. The fraction of sp³-hybridized carbons (Fsp3) is 0.467. The number of benzene rings is 1. The van der Waals surface area contributed by atoms with Gasteiger partial charge in [-0.15, -0.1) is 0 Å². The van der Waals surface area contributed by atoms with Crippen molar-refractivity contribution in [3.63, 3.8) is 0 Å². The van der Waals surface area contributed by atoms with Gasteiger partial charge in [0.05, 0.1) is 17.9 Å². The number of hydrogen-bond donors (Lipinski definition) is 0. The van der Waals surface area contributed by atoms with E-state index in [1.54, 1.807) is 13.8 Å². The first-order valence-corrected chi connectivity index (χ1v) is 6.09. The Morgan fingerprint density at radius 2 is 1.33 bits per heavy atom. The van der Waals surface area contributed by atoms with E-state index in [9.17, 15) is 19.8 Å². The Labute approximate surface area is 159 Å². The summed E-state index contributed by atoms with van der Waals surface area (Å²) in [5.41, 5.74) is 2.45. The van der Waals surface area contributed by atoms with Crippen molar-refractivity contribution < 1.29 is 68.2 Å². The summed E-state index contributed by atoms with van der Waals surface area (Å²) in [6.45, 7) is 9.52. The van der Waals surface area contributed by atoms with Crippen molar-refractivity contribution in [3.05, 3.63) is 34.4 Å². The zero-order valence-corrected chi connectivity index (χ0v) is 15.9. The molecule has 1 rings (SSSR count). The van der Waals surface area contributed by atoms with E-state index in [2.05, 4.69) is 0 Å². The zero-order valence-electron chi connectivity index (χ0n) is 13.9. The Morgan fingerprint density at radius 1 is 1.00 bits per heavy atom. The third-order valence-electron chi connectivity index (χ3n) is 3.22. The first-order chi connectivity index (χ1) is 8.55. The number of carbonyl (C=O) groups is 2. The van der Waals surface area contributed by atoms with Gasteiger partial charge in [-0.2, -0.15) is 0 Å². The maximum absolute atomic E-state index is 11.0. The van der Waals surface area contributed by atoms with Crippen molar-refractivity contribution >= 4 is 11.9 Å². The van der Waals surface area contributed by atoms with Gasteiger partial charge in [0.15, 0.2) is 0 Å². The molecule has 0 heterocycles. The Balaban J connectivity index is 0. The molecule has 0 amide bonds. The summed E-state index contributed by atoms with van der Waals surface area (Å²) in [4.78, 5) is 22.0. The summed E-state index contributed by atoms with van der Waals surface area (Å²) in [7, 11) is 0. The van der Waals surface area contributed by atoms with E-state index in [-0.39, 0.29) is 59.4 Å². The molecule has 0 saturated carbocycles. The molecule has 21 heavy (non-hydrogen) atoms. The van der Waals surface area contributed by atoms with Gasteiger partial charge >= 0.3 is 48.4 Å². The van der Waals surface area contributed by atoms with Crippen molar-refractivity contribution in [1.82, 2.24) is 0 Å². The zero-order chi connectivity index (χ0) is 15.0. The van der Waals surface area contributed by atoms with E-state index in [1.807, 2.05) is 32.9 Å². The predicted octanol–water partition coefficient (Wildman–Crippen LogP) is -5.81. The molecule has 0 atom stereocenters. The normalized spacial score (nSPS) is 10.6. The fourth-order valence-electron chi connectivity index (χ4n) is 2.19. The summed E-state index contributed by atoms with van der Waals surface area (Å²) in [6.07, 6.45) is 0. The summed E-state index contributed by atoms with van der Waals surface area (Å²) < 4.78 is 0. The summed E-state index contributed by atoms with van der Waals surface area (Å²) >= 11 is 0. The van der Waals surface area contributed by atoms with E-state index in [1.165, 1.54) is 0 Å². The van der Waals surface area contributed by atoms with Gasteiger partial charge in [-0.25, -0.2) is 0 Å². The maximum atomic E-state index is 11.0. The third kappa shape index (κ3) is 5.47. The molecule has 0 unspecified atom stereocenters. The van der Waals surface area contributed by atoms with Crippen LogP contribution in [0.25, 0.3) is 0 Å². The second-order valence-corrected chi connectivity index (χ2v) is 5.84. The van der Waals surface area contributed by atoms with Crippen molar-refractivity contribution in [2.45, 2.75) is 46.0 Å². The van der Waals surface area contributed by atoms with Crippen LogP contribution in [0.15, 0.2) is 12.1 Å². The smallest absolute Gasteiger partial charge is 0.549 e. The molecule has 0 radical (unpaired) electrons. The average molecular weight is 292 g/mol. The summed E-state index contributed by atoms with van der Waals surface area (Å²) in [6, 6.07) is 3.64. The van der Waals surface area contributed by atoms with Crippen LogP contribution < -0.4 is 58.6 Å². The number of aliphatic carboxylic acids is 2. The van der Waals surface area contributed by atoms with E-state index < -0.39 is 17.9 Å². The average Bonchev–Trinajstić information content (AvgIpc) is 2.20. The predicted molar refractivity (Wildman–Crippen MR) is 67.4 cm³/mol. The van der Waals surface area contributed by atoms with Gasteiger partial charge in [-0.3, -0.25) is 0 Å². The summed E-state index contributed by atoms with van der Waals surface area (Å²) in [5, 5.41) is 22.0. The molecule has 0 aliphatic carbocycles. The van der Waals surface area contributed by atoms with Crippen LogP contribution in [0.1, 0.15) is 48.9 Å². The number of carboxylic acid groups (broad SMARTS) is 2. The van der Waals surface area contributed by atoms with Gasteiger partial charge in [0, 0.05) is 0 Å². The van der Waals surface area contributed by atoms with Gasteiger partial charge in [0.1, 0.15) is 0 Å². The minimum absolute atomic E-state index is 0. The number of aryl methyl sites for hydroxylation is 2. The maximum Gasteiger partial charge on any atom is 1.00 e. The SMILES string of the molecule is Cc1cc(C(C)(C)C)cc(C)c1C(C(=O)[O-])C(=O)[O-].[Li+].[Na+]. The molecule has 0 aliphatic rings. The Hall–Kier alpha value is -0.243. The van der Waals surface area contributed by atoms with Crippen LogP contribution in [0.5, 0.6) is 0 Å². The summed E-state index contributed by atoms with van der Waals surface area (Å²) in [5.74, 6) is -5.02. The van der Waals surface area contributed by atoms with Crippen LogP contribution in [-0.4, -0.2) is 11.9 Å². The number of rotatable bonds is 3. The Bertz CT molecular complexity index is 498. The molecule has 1 aromatic rings. The molecule has 0 aliphatic heterocycles. The van der Waals surface area contributed by atoms with Crippen molar-refractivity contribution in [2.24, 2.45) is 0 Å². The number of hydrogen-bond acceptors (Lipinski definition) is 4. The third-order valence-corrected chi connectivity index (χ3v) is 3.22. The van der Waals surface area contributed by atoms with Crippen LogP contribution in [0, 0.1) is 13.8 Å². The number of carbonyl (C=O) groups excluding carboxylic acids is 2. The minimum Gasteiger partial charge on any atom is -0.549 e. The Kier molecular flexibility index (Phi) is 9.22. The molecule has 0 aromatic heterocycles. The molecule has 6 heteroatoms. The largest absolute Gasteiger partial charge is 1.00 e. The van der Waals surface area contributed by atoms with Gasteiger partial charge in [-0.05, 0) is 41.5 Å². The molecule has 4 nitrogen and oxygen atoms in total. The van der Waals surface area contributed by atoms with Gasteiger partial charge in [-0.1, -0.05) is 32.9 Å². The number of carboxylic acids is 2. The van der Waals surface area contributed by atoms with Gasteiger partial charge in [0.25, 0.3) is 0 Å². The molecule has 0 spiro atoms. The first kappa shape index (κ1) is 23.0. The van der Waals surface area contributed by atoms with Crippen LogP contribution in [0.2, 0.25) is 0 Å². The Morgan fingerprint density at radius 3 is 1.57 bits per heavy atom. The van der Waals surface area contributed by atoms with Crippen molar-refractivity contribution in [1.29, 1.82) is 0 Å². The molecule has 0 bridgehead atoms. The van der Waals surface area contributed by atoms with E-state index in [0.717, 1.165) is 5.56 Å². The topological polar surface area (TPSA) is 80.3 Å². The molecule has 0 fully saturated rings. The van der Waals surface area contributed by atoms with Gasteiger partial charge in [0.2, 0.25) is 0 Å². The standard InChI is InChI=1S/C15H20O4.Li.Na/c1-8-6-10(15(3,4)5)7-9(2)11(8)12(13(16)17)14(18)19;;/h6-7,12H,1-5H3,(H,16,17)(H,18,19);;/q;2*+1/p-2. The van der Waals surface area contributed by atoms with E-state index >= 15 is 0 Å². The monoisotopic (exact) mass is 292 g/mol. The van der Waals surface area contributed by atoms with Crippen LogP contribution >= 0.6 is 0 Å². The van der Waals surface area contributed by atoms with Gasteiger partial charge < -0.3 is 19.8 Å². The van der Waals surface area contributed by atoms with Crippen LogP contribution in [-0.2, 0) is 15.0 Å². The molecular formula is C15H18LiNaO4. The molecular weight excluding hydrogens is 274 g/mol. The minimum atomic E-state index is -1.73. The molecule has 0 saturated heterocycles. The molecule has 104 valence electrons. The fourth-order valence-corrected chi connectivity index (χ4v) is 2.19. The van der Waals surface area contributed by atoms with Crippen molar-refractivity contribution in [3.8, 4) is 0 Å². The van der Waals surface area contributed by atoms with Crippen LogP contribution in [0.4, 0.5) is 0 Å².